The van der Waals surface area contributed by atoms with Gasteiger partial charge in [-0.15, -0.1) is 5.11 Å². The van der Waals surface area contributed by atoms with Crippen LogP contribution in [0.1, 0.15) is 71.2 Å². The average molecular weight is 1140 g/mol. The Labute approximate surface area is 475 Å². The summed E-state index contributed by atoms with van der Waals surface area (Å²) < 4.78 is 57.3. The largest absolute Gasteiger partial charge is 0.507 e. The van der Waals surface area contributed by atoms with Crippen molar-refractivity contribution >= 4 is 50.9 Å². The molecule has 0 saturated carbocycles. The lowest BCUT2D eigenvalue weighted by Gasteiger charge is -2.47. The zero-order valence-electron chi connectivity index (χ0n) is 47.1. The molecule has 0 aliphatic carbocycles. The van der Waals surface area contributed by atoms with Crippen LogP contribution in [0.15, 0.2) is 144 Å². The number of rotatable bonds is 12. The number of nitrogens with zero attached hydrogens (tertiary/aromatic N) is 2. The molecule has 0 spiro atoms. The fourth-order valence-corrected chi connectivity index (χ4v) is 9.57. The van der Waals surface area contributed by atoms with Crippen LogP contribution in [0.2, 0.25) is 0 Å². The number of carbonyl (C=O) groups excluding carboxylic acids is 2. The number of aromatic amines is 2. The molecule has 83 heavy (non-hydrogen) atoms. The summed E-state index contributed by atoms with van der Waals surface area (Å²) in [5.74, 6) is -1.50. The van der Waals surface area contributed by atoms with Gasteiger partial charge in [-0.1, -0.05) is 36.4 Å². The highest BCUT2D eigenvalue weighted by atomic mass is 16.7. The molecule has 4 aromatic carbocycles. The lowest BCUT2D eigenvalue weighted by atomic mass is 9.89. The number of nitrogen functional groups attached to an aromatic ring is 1. The molecule has 23 heteroatoms. The van der Waals surface area contributed by atoms with Gasteiger partial charge >= 0.3 is 23.2 Å². The van der Waals surface area contributed by atoms with Crippen LogP contribution >= 0.6 is 0 Å². The van der Waals surface area contributed by atoms with Gasteiger partial charge in [0.05, 0.1) is 33.7 Å². The van der Waals surface area contributed by atoms with Gasteiger partial charge in [-0.05, 0) is 128 Å². The first-order valence-corrected chi connectivity index (χ1v) is 26.1. The second kappa shape index (κ2) is 25.1. The number of methoxy groups -OCH3 is 2. The van der Waals surface area contributed by atoms with Crippen LogP contribution < -0.4 is 26.5 Å². The quantitative estimate of drug-likeness (QED) is 0.0260. The van der Waals surface area contributed by atoms with Crippen LogP contribution in [-0.4, -0.2) is 117 Å². The Hall–Kier alpha value is -8.84. The molecule has 8 aromatic rings. The number of ether oxygens (including phenoxy) is 8. The second-order valence-electron chi connectivity index (χ2n) is 20.7. The second-order valence-corrected chi connectivity index (χ2v) is 20.7. The number of nitrogens with two attached hydrogens (primary N) is 1. The number of aliphatic hydroxyl groups is 2. The van der Waals surface area contributed by atoms with Crippen molar-refractivity contribution in [3.8, 4) is 23.0 Å². The maximum atomic E-state index is 12.8. The normalized spacial score (nSPS) is 21.7. The minimum atomic E-state index is -1.46. The molecule has 2 aliphatic rings. The molecule has 8 N–H and O–H groups in total. The summed E-state index contributed by atoms with van der Waals surface area (Å²) in [5.41, 5.74) is 5.64. The van der Waals surface area contributed by atoms with Crippen molar-refractivity contribution in [2.75, 3.05) is 20.0 Å². The topological polar surface area (TPSA) is 332 Å². The zero-order chi connectivity index (χ0) is 60.1. The molecule has 8 unspecified atom stereocenters. The zero-order valence-corrected chi connectivity index (χ0v) is 47.1. The van der Waals surface area contributed by atoms with Gasteiger partial charge in [0.2, 0.25) is 18.3 Å². The molecule has 0 bridgehead atoms. The summed E-state index contributed by atoms with van der Waals surface area (Å²) in [5, 5.41) is 51.7. The van der Waals surface area contributed by atoms with Crippen molar-refractivity contribution in [1.29, 1.82) is 0 Å². The van der Waals surface area contributed by atoms with E-state index in [2.05, 4.69) is 20.2 Å². The molecular formula is C60H65N5O18. The maximum absolute atomic E-state index is 12.8. The van der Waals surface area contributed by atoms with Crippen molar-refractivity contribution < 1.29 is 76.7 Å². The summed E-state index contributed by atoms with van der Waals surface area (Å²) in [6, 6.07) is 31.9. The number of esters is 2. The molecule has 2 saturated heterocycles. The first-order chi connectivity index (χ1) is 39.4. The standard InChI is InChI=1S/C30H31N3O9.C24H27NO9.C6H7N/c1-15-11-13-19(31-15)27(36)41-25-23(35)29(42-30(3,4)26(25)38-5)39-20-14-12-18-22(34)21(28(37)40-24(18)16(20)2)33-32-17-9-7-6-8-10-17;1-11-6-8-14(25-11)22(29)33-20-18(28)23(34-24(3,4)21(20)30-5)31-16-9-7-13-15(26)10-17(27)32-19(13)12(16)2;7-6-4-2-1-3-5-6/h6-14,23,25-26,29,31,34-35H,1-5H3;6-10,18,20-21,23,25-26,28H,1-5H3;1-5H,7H2. The lowest BCUT2D eigenvalue weighted by molar-refractivity contribution is -0.305. The molecular weight excluding hydrogens is 1080 g/mol. The number of fused-ring (bicyclic) bond motifs is 2. The number of H-pyrrole nitrogens is 2. The molecule has 0 radical (unpaired) electrons. The molecule has 2 aliphatic heterocycles. The van der Waals surface area contributed by atoms with Crippen LogP contribution in [-0.2, 0) is 28.4 Å². The van der Waals surface area contributed by atoms with Gasteiger partial charge < -0.3 is 82.9 Å². The van der Waals surface area contributed by atoms with Crippen LogP contribution in [0.3, 0.4) is 0 Å². The van der Waals surface area contributed by atoms with Gasteiger partial charge in [-0.2, -0.15) is 5.11 Å². The predicted octanol–water partition coefficient (Wildman–Crippen LogP) is 8.80. The van der Waals surface area contributed by atoms with Gasteiger partial charge in [0, 0.05) is 42.4 Å². The van der Waals surface area contributed by atoms with Gasteiger partial charge in [0.1, 0.15) is 52.0 Å². The Balaban J connectivity index is 0.000000197. The number of aryl methyl sites for hydroxylation is 4. The number of aromatic hydroxyl groups is 2. The molecule has 10 rings (SSSR count). The minimum Gasteiger partial charge on any atom is -0.507 e. The first-order valence-electron chi connectivity index (χ1n) is 26.1. The Morgan fingerprint density at radius 1 is 0.602 bits per heavy atom. The number of carbonyl (C=O) groups is 2. The van der Waals surface area contributed by atoms with Crippen molar-refractivity contribution in [3.05, 3.63) is 170 Å². The Kier molecular flexibility index (Phi) is 18.2. The number of hydrogen-bond acceptors (Lipinski definition) is 21. The molecule has 2 fully saturated rings. The summed E-state index contributed by atoms with van der Waals surface area (Å²) in [6.45, 7) is 13.8. The fourth-order valence-electron chi connectivity index (χ4n) is 9.57. The van der Waals surface area contributed by atoms with Crippen LogP contribution in [0.25, 0.3) is 21.9 Å². The van der Waals surface area contributed by atoms with E-state index in [9.17, 15) is 39.6 Å². The number of aromatic nitrogens is 2. The van der Waals surface area contributed by atoms with E-state index in [1.54, 1.807) is 110 Å². The number of azo groups is 1. The third-order valence-electron chi connectivity index (χ3n) is 13.8. The molecule has 0 amide bonds. The molecule has 6 heterocycles. The number of nitrogens with one attached hydrogen (secondary N) is 2. The highest BCUT2D eigenvalue weighted by molar-refractivity contribution is 5.91. The SMILES string of the molecule is COC1C(OC(=O)c2ccc(C)[nH]2)C(O)C(Oc2ccc3c(O)c(N=Nc4ccccc4)c(=O)oc3c2C)OC1(C)C.COC1C(OC(=O)c2ccc(C)[nH]2)C(O)C(Oc2ccc3c(O)cc(=O)oc3c2C)OC1(C)C.Nc1ccccc1. The fraction of sp³-hybridized carbons (Fsp3) is 0.333. The van der Waals surface area contributed by atoms with E-state index in [1.807, 2.05) is 36.4 Å². The van der Waals surface area contributed by atoms with E-state index in [1.165, 1.54) is 32.4 Å². The van der Waals surface area contributed by atoms with Crippen LogP contribution in [0.5, 0.6) is 23.0 Å². The Morgan fingerprint density at radius 3 is 1.49 bits per heavy atom. The summed E-state index contributed by atoms with van der Waals surface area (Å²) in [7, 11) is 2.87. The molecule has 8 atom stereocenters. The average Bonchev–Trinajstić information content (AvgIpc) is 4.18. The summed E-state index contributed by atoms with van der Waals surface area (Å²) in [6.07, 6.45) is -9.31. The molecule has 4 aromatic heterocycles. The van der Waals surface area contributed by atoms with E-state index in [4.69, 9.17) is 52.5 Å². The van der Waals surface area contributed by atoms with Crippen molar-refractivity contribution in [1.82, 2.24) is 9.97 Å². The highest BCUT2D eigenvalue weighted by Crippen LogP contribution is 2.41. The summed E-state index contributed by atoms with van der Waals surface area (Å²) >= 11 is 0. The van der Waals surface area contributed by atoms with E-state index in [0.29, 0.717) is 22.2 Å². The Morgan fingerprint density at radius 2 is 1.06 bits per heavy atom. The van der Waals surface area contributed by atoms with Crippen molar-refractivity contribution in [2.24, 2.45) is 10.2 Å². The van der Waals surface area contributed by atoms with Crippen LogP contribution in [0, 0.1) is 27.7 Å². The van der Waals surface area contributed by atoms with E-state index in [-0.39, 0.29) is 50.9 Å². The smallest absolute Gasteiger partial charge is 0.368 e. The van der Waals surface area contributed by atoms with Crippen molar-refractivity contribution in [3.63, 3.8) is 0 Å². The van der Waals surface area contributed by atoms with Gasteiger partial charge in [-0.25, -0.2) is 19.2 Å². The van der Waals surface area contributed by atoms with E-state index < -0.39 is 89.3 Å². The maximum Gasteiger partial charge on any atom is 0.368 e. The van der Waals surface area contributed by atoms with E-state index >= 15 is 0 Å². The lowest BCUT2D eigenvalue weighted by Crippen LogP contribution is -2.65. The highest BCUT2D eigenvalue weighted by Gasteiger charge is 2.55. The number of benzene rings is 4. The number of hydrogen-bond donors (Lipinski definition) is 7. The first kappa shape index (κ1) is 60.3. The van der Waals surface area contributed by atoms with Crippen molar-refractivity contribution in [2.45, 2.75) is 116 Å². The van der Waals surface area contributed by atoms with Gasteiger partial charge in [0.25, 0.3) is 0 Å². The number of para-hydroxylation sites is 1. The minimum absolute atomic E-state index is 0.0538. The van der Waals surface area contributed by atoms with Gasteiger partial charge in [0.15, 0.2) is 30.2 Å². The molecule has 23 nitrogen and oxygen atoms in total. The van der Waals surface area contributed by atoms with E-state index in [0.717, 1.165) is 23.1 Å². The number of aliphatic hydroxyl groups excluding tert-OH is 2. The third-order valence-corrected chi connectivity index (χ3v) is 13.8. The molecule has 438 valence electrons. The predicted molar refractivity (Wildman–Crippen MR) is 301 cm³/mol. The monoisotopic (exact) mass is 1140 g/mol. The van der Waals surface area contributed by atoms with Crippen LogP contribution in [0.4, 0.5) is 17.1 Å². The Bertz CT molecular complexity index is 3740. The third kappa shape index (κ3) is 13.4. The summed E-state index contributed by atoms with van der Waals surface area (Å²) in [4.78, 5) is 55.8. The van der Waals surface area contributed by atoms with Gasteiger partial charge in [-0.3, -0.25) is 0 Å². The number of anilines is 1.